The molecule has 3 aromatic rings. The Balaban J connectivity index is 1.74. The molecule has 0 bridgehead atoms. The molecule has 0 aliphatic carbocycles. The predicted molar refractivity (Wildman–Crippen MR) is 95.7 cm³/mol. The van der Waals surface area contributed by atoms with Crippen molar-refractivity contribution in [1.82, 2.24) is 4.98 Å². The average Bonchev–Trinajstić information content (AvgIpc) is 3.03. The highest BCUT2D eigenvalue weighted by atomic mass is 35.5. The molecule has 3 rings (SSSR count). The van der Waals surface area contributed by atoms with Crippen LogP contribution in [0.5, 0.6) is 0 Å². The minimum absolute atomic E-state index is 0.146. The van der Waals surface area contributed by atoms with Crippen LogP contribution >= 0.6 is 34.5 Å². The number of nitrogens with zero attached hydrogens (tertiary/aromatic N) is 1. The van der Waals surface area contributed by atoms with E-state index in [1.165, 1.54) is 17.4 Å². The number of aromatic nitrogens is 1. The molecular formula is C17H10Cl2F2N2OS. The number of halogens is 4. The molecular weight excluding hydrogens is 389 g/mol. The maximum atomic E-state index is 13.2. The lowest BCUT2D eigenvalue weighted by molar-refractivity contribution is 0.102. The normalized spacial score (nSPS) is 10.7. The largest absolute Gasteiger partial charge is 0.321 e. The van der Waals surface area contributed by atoms with Gasteiger partial charge in [0, 0.05) is 33.6 Å². The number of carbonyl (C=O) groups excluding carboxylic acids is 1. The van der Waals surface area contributed by atoms with E-state index < -0.39 is 17.5 Å². The van der Waals surface area contributed by atoms with Crippen LogP contribution in [-0.4, -0.2) is 10.9 Å². The average molecular weight is 399 g/mol. The Morgan fingerprint density at radius 1 is 1.12 bits per heavy atom. The fourth-order valence-corrected chi connectivity index (χ4v) is 3.44. The van der Waals surface area contributed by atoms with Crippen LogP contribution in [0.15, 0.2) is 41.8 Å². The first-order valence-electron chi connectivity index (χ1n) is 7.07. The Hall–Kier alpha value is -2.02. The van der Waals surface area contributed by atoms with Crippen molar-refractivity contribution in [1.29, 1.82) is 0 Å². The Kier molecular flexibility index (Phi) is 5.32. The standard InChI is InChI=1S/C17H10Cl2F2N2OS/c18-11-2-1-3-12(19)10(11)7-16-23-15(8-25-16)17(24)22-9-4-5-13(20)14(21)6-9/h1-6,8H,7H2,(H,22,24). The predicted octanol–water partition coefficient (Wildman–Crippen LogP) is 5.57. The molecule has 8 heteroatoms. The molecule has 0 atom stereocenters. The fraction of sp³-hybridized carbons (Fsp3) is 0.0588. The van der Waals surface area contributed by atoms with Gasteiger partial charge in [-0.3, -0.25) is 4.79 Å². The van der Waals surface area contributed by atoms with Crippen LogP contribution < -0.4 is 5.32 Å². The smallest absolute Gasteiger partial charge is 0.275 e. The summed E-state index contributed by atoms with van der Waals surface area (Å²) < 4.78 is 26.1. The second-order valence-corrected chi connectivity index (χ2v) is 6.84. The Morgan fingerprint density at radius 2 is 1.84 bits per heavy atom. The zero-order chi connectivity index (χ0) is 18.0. The van der Waals surface area contributed by atoms with Crippen LogP contribution in [0.1, 0.15) is 21.1 Å². The van der Waals surface area contributed by atoms with Gasteiger partial charge in [0.25, 0.3) is 5.91 Å². The van der Waals surface area contributed by atoms with Crippen molar-refractivity contribution in [2.24, 2.45) is 0 Å². The van der Waals surface area contributed by atoms with Gasteiger partial charge in [0.05, 0.1) is 5.01 Å². The highest BCUT2D eigenvalue weighted by molar-refractivity contribution is 7.09. The van der Waals surface area contributed by atoms with Crippen LogP contribution in [0.2, 0.25) is 10.0 Å². The quantitative estimate of drug-likeness (QED) is 0.623. The van der Waals surface area contributed by atoms with Crippen molar-refractivity contribution < 1.29 is 13.6 Å². The van der Waals surface area contributed by atoms with Crippen molar-refractivity contribution in [2.75, 3.05) is 5.32 Å². The third-order valence-corrected chi connectivity index (χ3v) is 4.91. The van der Waals surface area contributed by atoms with Gasteiger partial charge in [-0.15, -0.1) is 11.3 Å². The molecule has 0 aliphatic rings. The monoisotopic (exact) mass is 398 g/mol. The third kappa shape index (κ3) is 4.15. The van der Waals surface area contributed by atoms with Gasteiger partial charge in [0.1, 0.15) is 5.69 Å². The van der Waals surface area contributed by atoms with Gasteiger partial charge in [-0.05, 0) is 29.8 Å². The van der Waals surface area contributed by atoms with E-state index in [4.69, 9.17) is 23.2 Å². The molecule has 25 heavy (non-hydrogen) atoms. The zero-order valence-corrected chi connectivity index (χ0v) is 14.9. The summed E-state index contributed by atoms with van der Waals surface area (Å²) in [6.45, 7) is 0. The molecule has 3 nitrogen and oxygen atoms in total. The fourth-order valence-electron chi connectivity index (χ4n) is 2.12. The van der Waals surface area contributed by atoms with E-state index in [0.717, 1.165) is 17.7 Å². The van der Waals surface area contributed by atoms with Crippen LogP contribution in [0.25, 0.3) is 0 Å². The van der Waals surface area contributed by atoms with Gasteiger partial charge in [0.2, 0.25) is 0 Å². The van der Waals surface area contributed by atoms with Crippen LogP contribution in [0, 0.1) is 11.6 Å². The molecule has 1 N–H and O–H groups in total. The molecule has 0 saturated carbocycles. The summed E-state index contributed by atoms with van der Waals surface area (Å²) in [6, 6.07) is 8.32. The summed E-state index contributed by atoms with van der Waals surface area (Å²) in [5.41, 5.74) is 1.05. The topological polar surface area (TPSA) is 42.0 Å². The van der Waals surface area contributed by atoms with Crippen LogP contribution in [0.3, 0.4) is 0 Å². The van der Waals surface area contributed by atoms with Crippen LogP contribution in [0.4, 0.5) is 14.5 Å². The maximum Gasteiger partial charge on any atom is 0.275 e. The van der Waals surface area contributed by atoms with Gasteiger partial charge >= 0.3 is 0 Å². The molecule has 1 amide bonds. The number of hydrogen-bond donors (Lipinski definition) is 1. The van der Waals surface area contributed by atoms with E-state index in [2.05, 4.69) is 10.3 Å². The van der Waals surface area contributed by atoms with E-state index in [-0.39, 0.29) is 11.4 Å². The van der Waals surface area contributed by atoms with Crippen molar-refractivity contribution >= 4 is 46.1 Å². The van der Waals surface area contributed by atoms with Gasteiger partial charge in [-0.2, -0.15) is 0 Å². The summed E-state index contributed by atoms with van der Waals surface area (Å²) >= 11 is 13.5. The summed E-state index contributed by atoms with van der Waals surface area (Å²) in [4.78, 5) is 16.4. The number of rotatable bonds is 4. The SMILES string of the molecule is O=C(Nc1ccc(F)c(F)c1)c1csc(Cc2c(Cl)cccc2Cl)n1. The number of hydrogen-bond acceptors (Lipinski definition) is 3. The number of anilines is 1. The van der Waals surface area contributed by atoms with Crippen molar-refractivity contribution in [2.45, 2.75) is 6.42 Å². The highest BCUT2D eigenvalue weighted by Crippen LogP contribution is 2.28. The highest BCUT2D eigenvalue weighted by Gasteiger charge is 2.14. The molecule has 0 saturated heterocycles. The second-order valence-electron chi connectivity index (χ2n) is 5.09. The van der Waals surface area contributed by atoms with Gasteiger partial charge < -0.3 is 5.32 Å². The molecule has 0 aliphatic heterocycles. The summed E-state index contributed by atoms with van der Waals surface area (Å²) in [6.07, 6.45) is 0.391. The number of nitrogens with one attached hydrogen (secondary N) is 1. The van der Waals surface area contributed by atoms with Gasteiger partial charge in [-0.25, -0.2) is 13.8 Å². The Labute approximate surface area is 156 Å². The summed E-state index contributed by atoms with van der Waals surface area (Å²) in [5, 5.41) is 5.76. The number of carbonyl (C=O) groups is 1. The molecule has 0 unspecified atom stereocenters. The first-order chi connectivity index (χ1) is 11.9. The number of amides is 1. The van der Waals surface area contributed by atoms with Crippen LogP contribution in [-0.2, 0) is 6.42 Å². The first kappa shape index (κ1) is 17.8. The lowest BCUT2D eigenvalue weighted by Gasteiger charge is -2.05. The first-order valence-corrected chi connectivity index (χ1v) is 8.71. The lowest BCUT2D eigenvalue weighted by atomic mass is 10.1. The van der Waals surface area contributed by atoms with E-state index in [0.29, 0.717) is 21.5 Å². The minimum atomic E-state index is -1.04. The van der Waals surface area contributed by atoms with E-state index >= 15 is 0 Å². The van der Waals surface area contributed by atoms with E-state index in [9.17, 15) is 13.6 Å². The summed E-state index contributed by atoms with van der Waals surface area (Å²) in [7, 11) is 0. The van der Waals surface area contributed by atoms with Crippen molar-refractivity contribution in [3.05, 3.63) is 79.7 Å². The Bertz CT molecular complexity index is 926. The Morgan fingerprint density at radius 3 is 2.52 bits per heavy atom. The molecule has 0 spiro atoms. The van der Waals surface area contributed by atoms with Gasteiger partial charge in [0.15, 0.2) is 11.6 Å². The third-order valence-electron chi connectivity index (χ3n) is 3.35. The minimum Gasteiger partial charge on any atom is -0.321 e. The molecule has 1 aromatic heterocycles. The summed E-state index contributed by atoms with van der Waals surface area (Å²) in [5.74, 6) is -2.53. The molecule has 0 radical (unpaired) electrons. The molecule has 2 aromatic carbocycles. The molecule has 128 valence electrons. The van der Waals surface area contributed by atoms with E-state index in [1.807, 2.05) is 0 Å². The van der Waals surface area contributed by atoms with Crippen molar-refractivity contribution in [3.8, 4) is 0 Å². The maximum absolute atomic E-state index is 13.2. The van der Waals surface area contributed by atoms with E-state index in [1.54, 1.807) is 23.6 Å². The molecule has 0 fully saturated rings. The van der Waals surface area contributed by atoms with Gasteiger partial charge in [-0.1, -0.05) is 29.3 Å². The zero-order valence-electron chi connectivity index (χ0n) is 12.5. The van der Waals surface area contributed by atoms with Crippen molar-refractivity contribution in [3.63, 3.8) is 0 Å². The number of benzene rings is 2. The second kappa shape index (κ2) is 7.47. The molecule has 1 heterocycles. The number of thiazole rings is 1. The lowest BCUT2D eigenvalue weighted by Crippen LogP contribution is -2.12.